The van der Waals surface area contributed by atoms with E-state index in [9.17, 15) is 10.2 Å². The Morgan fingerprint density at radius 1 is 0.950 bits per heavy atom. The van der Waals surface area contributed by atoms with Gasteiger partial charge >= 0.3 is 29.3 Å². The van der Waals surface area contributed by atoms with Crippen molar-refractivity contribution in [2.75, 3.05) is 19.9 Å². The molecule has 0 amide bonds. The van der Waals surface area contributed by atoms with E-state index in [1.165, 1.54) is 0 Å². The minimum absolute atomic E-state index is 0.125. The van der Waals surface area contributed by atoms with Crippen molar-refractivity contribution < 1.29 is 35.1 Å². The first kappa shape index (κ1) is 21.7. The van der Waals surface area contributed by atoms with Gasteiger partial charge in [-0.25, -0.2) is 0 Å². The van der Waals surface area contributed by atoms with Crippen LogP contribution in [0.4, 0.5) is 0 Å². The second kappa shape index (κ2) is 11.1. The average Bonchev–Trinajstić information content (AvgIpc) is 2.38. The summed E-state index contributed by atoms with van der Waals surface area (Å²) in [7, 11) is -3.61. The largest absolute Gasteiger partial charge is 0.394 e. The summed E-state index contributed by atoms with van der Waals surface area (Å²) in [6.07, 6.45) is 0.303. The van der Waals surface area contributed by atoms with Crippen molar-refractivity contribution in [2.45, 2.75) is 19.1 Å². The number of aliphatic hydroxyl groups is 4. The topological polar surface area (TPSA) is 142 Å². The van der Waals surface area contributed by atoms with E-state index in [-0.39, 0.29) is 13.2 Å². The van der Waals surface area contributed by atoms with Gasteiger partial charge in [-0.1, -0.05) is 37.3 Å². The van der Waals surface area contributed by atoms with E-state index in [1.807, 2.05) is 6.07 Å². The van der Waals surface area contributed by atoms with Crippen molar-refractivity contribution in [1.82, 2.24) is 0 Å². The molecule has 120 valence electrons. The minimum atomic E-state index is -3.61. The maximum absolute atomic E-state index is 9.35. The molecule has 0 fully saturated rings. The average molecular weight is 312 g/mol. The molecule has 0 aromatic heterocycles. The summed E-state index contributed by atoms with van der Waals surface area (Å²) in [5, 5.41) is 34.0. The fourth-order valence-electron chi connectivity index (χ4n) is 0.909. The van der Waals surface area contributed by atoms with Crippen LogP contribution in [0.1, 0.15) is 18.9 Å². The molecule has 1 aromatic carbocycles. The Balaban J connectivity index is 0. The molecule has 0 unspecified atom stereocenters. The molecular weight excluding hydrogens is 287 g/mol. The summed E-state index contributed by atoms with van der Waals surface area (Å²) in [5.41, 5.74) is 0.544. The van der Waals surface area contributed by atoms with Crippen LogP contribution in [0.25, 0.3) is 0 Å². The predicted octanol–water partition coefficient (Wildman–Crippen LogP) is -0.707. The normalized spacial score (nSPS) is 11.7. The van der Waals surface area contributed by atoms with Gasteiger partial charge in [0.05, 0.1) is 13.2 Å². The third-order valence-corrected chi connectivity index (χ3v) is 1.83. The van der Waals surface area contributed by atoms with Gasteiger partial charge in [-0.3, -0.25) is 0 Å². The number of hydrogen-bond acceptors (Lipinski definition) is 7. The molecule has 1 aromatic rings. The fraction of sp³-hybridized carbons (Fsp3) is 0.500. The molecule has 0 heterocycles. The van der Waals surface area contributed by atoms with Crippen LogP contribution in [0.2, 0.25) is 0 Å². The zero-order valence-electron chi connectivity index (χ0n) is 11.6. The molecular formula is C12H25O7P. The van der Waals surface area contributed by atoms with Crippen molar-refractivity contribution in [3.63, 3.8) is 0 Å². The molecule has 8 heteroatoms. The van der Waals surface area contributed by atoms with Gasteiger partial charge in [0, 0.05) is 12.0 Å². The van der Waals surface area contributed by atoms with Crippen LogP contribution in [-0.4, -0.2) is 55.0 Å². The van der Waals surface area contributed by atoms with E-state index < -0.39 is 13.7 Å². The van der Waals surface area contributed by atoms with E-state index in [2.05, 4.69) is 0 Å². The number of rotatable bonds is 3. The molecule has 7 N–H and O–H groups in total. The van der Waals surface area contributed by atoms with Gasteiger partial charge in [0.15, 0.2) is 5.79 Å². The Kier molecular flexibility index (Phi) is 12.0. The summed E-state index contributed by atoms with van der Waals surface area (Å²) in [6, 6.07) is 8.81. The Labute approximate surface area is 119 Å². The summed E-state index contributed by atoms with van der Waals surface area (Å²) in [5.74, 6) is -1.67. The van der Waals surface area contributed by atoms with Crippen LogP contribution in [0.5, 0.6) is 0 Å². The zero-order valence-corrected chi connectivity index (χ0v) is 12.6. The third-order valence-electron chi connectivity index (χ3n) is 1.83. The third kappa shape index (κ3) is 15.4. The number of hydrogen-bond donors (Lipinski definition) is 7. The van der Waals surface area contributed by atoms with Crippen molar-refractivity contribution in [1.29, 1.82) is 0 Å². The first-order valence-corrected chi connectivity index (χ1v) is 8.31. The standard InChI is InChI=1S/C9H12O2.C2H6O2.CH7O3P/c1-2-9(10,11)8-6-4-3-5-7-8;3-1-2-4;1-5(2,3)4/h3-7,10-11H,2H2,1H3;3-4H,1-2H2;2-5H,1H3. The van der Waals surface area contributed by atoms with E-state index >= 15 is 0 Å². The van der Waals surface area contributed by atoms with Crippen LogP contribution in [-0.2, 0) is 5.79 Å². The van der Waals surface area contributed by atoms with E-state index in [4.69, 9.17) is 24.9 Å². The molecule has 0 saturated carbocycles. The number of aliphatic hydroxyl groups excluding tert-OH is 2. The van der Waals surface area contributed by atoms with Crippen LogP contribution in [0, 0.1) is 0 Å². The van der Waals surface area contributed by atoms with Gasteiger partial charge in [-0.15, -0.1) is 0 Å². The Hall–Kier alpha value is -0.630. The Bertz CT molecular complexity index is 316. The quantitative estimate of drug-likeness (QED) is 0.289. The summed E-state index contributed by atoms with van der Waals surface area (Å²) < 4.78 is 0. The maximum atomic E-state index is 9.35. The molecule has 0 aliphatic heterocycles. The maximum Gasteiger partial charge on any atom is 0.0662 e. The first-order valence-electron chi connectivity index (χ1n) is 5.97. The van der Waals surface area contributed by atoms with Gasteiger partial charge < -0.3 is 20.4 Å². The van der Waals surface area contributed by atoms with Crippen molar-refractivity contribution >= 4 is 7.94 Å². The molecule has 0 spiro atoms. The van der Waals surface area contributed by atoms with Crippen LogP contribution in [0.15, 0.2) is 30.3 Å². The second-order valence-electron chi connectivity index (χ2n) is 3.95. The molecule has 20 heavy (non-hydrogen) atoms. The van der Waals surface area contributed by atoms with Gasteiger partial charge in [-0.05, 0) is 0 Å². The van der Waals surface area contributed by atoms with Gasteiger partial charge in [0.2, 0.25) is 0 Å². The number of benzene rings is 1. The van der Waals surface area contributed by atoms with Crippen LogP contribution >= 0.6 is 7.94 Å². The molecule has 7 nitrogen and oxygen atoms in total. The van der Waals surface area contributed by atoms with Gasteiger partial charge in [-0.2, -0.15) is 0 Å². The van der Waals surface area contributed by atoms with Gasteiger partial charge in [0.1, 0.15) is 0 Å². The molecule has 1 rings (SSSR count). The molecule has 0 saturated heterocycles. The SMILES string of the molecule is CCC(O)(O)c1ccccc1.C[PH](O)(O)O.OCCO. The van der Waals surface area contributed by atoms with Gasteiger partial charge in [0.25, 0.3) is 0 Å². The Morgan fingerprint density at radius 3 is 1.55 bits per heavy atom. The molecule has 0 radical (unpaired) electrons. The second-order valence-corrected chi connectivity index (χ2v) is 5.90. The van der Waals surface area contributed by atoms with Crippen LogP contribution in [0.3, 0.4) is 0 Å². The van der Waals surface area contributed by atoms with Crippen molar-refractivity contribution in [3.05, 3.63) is 35.9 Å². The van der Waals surface area contributed by atoms with E-state index in [0.717, 1.165) is 6.66 Å². The molecule has 0 aliphatic carbocycles. The predicted molar refractivity (Wildman–Crippen MR) is 77.9 cm³/mol. The smallest absolute Gasteiger partial charge is 0.0662 e. The fourth-order valence-corrected chi connectivity index (χ4v) is 0.909. The van der Waals surface area contributed by atoms with E-state index in [1.54, 1.807) is 31.2 Å². The molecule has 0 atom stereocenters. The van der Waals surface area contributed by atoms with E-state index in [0.29, 0.717) is 12.0 Å². The molecule has 0 bridgehead atoms. The summed E-state index contributed by atoms with van der Waals surface area (Å²) >= 11 is 0. The summed E-state index contributed by atoms with van der Waals surface area (Å²) in [6.45, 7) is 2.47. The summed E-state index contributed by atoms with van der Waals surface area (Å²) in [4.78, 5) is 23.3. The van der Waals surface area contributed by atoms with Crippen molar-refractivity contribution in [2.24, 2.45) is 0 Å². The minimum Gasteiger partial charge on any atom is -0.394 e. The van der Waals surface area contributed by atoms with Crippen LogP contribution < -0.4 is 0 Å². The zero-order chi connectivity index (χ0) is 16.2. The Morgan fingerprint density at radius 2 is 1.30 bits per heavy atom. The molecule has 0 aliphatic rings. The monoisotopic (exact) mass is 312 g/mol. The van der Waals surface area contributed by atoms with Crippen molar-refractivity contribution in [3.8, 4) is 0 Å². The first-order chi connectivity index (χ1) is 9.08.